The maximum atomic E-state index is 12.3. The lowest BCUT2D eigenvalue weighted by Crippen LogP contribution is -2.39. The number of carbonyl (C=O) groups excluding carboxylic acids is 2. The van der Waals surface area contributed by atoms with E-state index in [1.54, 1.807) is 29.2 Å². The summed E-state index contributed by atoms with van der Waals surface area (Å²) in [6.07, 6.45) is 0.265. The molecule has 136 valence electrons. The van der Waals surface area contributed by atoms with Crippen LogP contribution < -0.4 is 20.3 Å². The molecule has 1 atom stereocenters. The van der Waals surface area contributed by atoms with E-state index in [1.807, 2.05) is 31.2 Å². The van der Waals surface area contributed by atoms with Crippen molar-refractivity contribution in [2.45, 2.75) is 19.4 Å². The number of nitrogens with zero attached hydrogens (tertiary/aromatic N) is 1. The SMILES string of the molecule is CCOc1ccc(N2C[C@H](NC(=O)Nc3ccc(Cl)cc3)CC2=O)cc1. The number of hydrogen-bond acceptors (Lipinski definition) is 3. The maximum Gasteiger partial charge on any atom is 0.319 e. The Morgan fingerprint density at radius 3 is 2.54 bits per heavy atom. The van der Waals surface area contributed by atoms with Crippen LogP contribution in [0.25, 0.3) is 0 Å². The second-order valence-electron chi connectivity index (χ2n) is 5.94. The van der Waals surface area contributed by atoms with E-state index in [9.17, 15) is 9.59 Å². The second-order valence-corrected chi connectivity index (χ2v) is 6.37. The van der Waals surface area contributed by atoms with E-state index in [1.165, 1.54) is 0 Å². The molecule has 0 saturated carbocycles. The van der Waals surface area contributed by atoms with Crippen molar-refractivity contribution >= 4 is 34.9 Å². The van der Waals surface area contributed by atoms with Gasteiger partial charge in [-0.3, -0.25) is 4.79 Å². The van der Waals surface area contributed by atoms with Crippen molar-refractivity contribution in [1.82, 2.24) is 5.32 Å². The van der Waals surface area contributed by atoms with Gasteiger partial charge in [-0.15, -0.1) is 0 Å². The fourth-order valence-corrected chi connectivity index (χ4v) is 2.95. The summed E-state index contributed by atoms with van der Waals surface area (Å²) < 4.78 is 5.41. The molecule has 0 aliphatic carbocycles. The van der Waals surface area contributed by atoms with Crippen LogP contribution >= 0.6 is 11.6 Å². The summed E-state index contributed by atoms with van der Waals surface area (Å²) in [7, 11) is 0. The zero-order chi connectivity index (χ0) is 18.5. The van der Waals surface area contributed by atoms with Crippen molar-refractivity contribution in [3.63, 3.8) is 0 Å². The Bertz CT molecular complexity index is 778. The average Bonchev–Trinajstić information content (AvgIpc) is 2.98. The van der Waals surface area contributed by atoms with Crippen molar-refractivity contribution < 1.29 is 14.3 Å². The van der Waals surface area contributed by atoms with Crippen LogP contribution in [0.15, 0.2) is 48.5 Å². The summed E-state index contributed by atoms with van der Waals surface area (Å²) in [6, 6.07) is 13.6. The van der Waals surface area contributed by atoms with Crippen LogP contribution in [0.2, 0.25) is 5.02 Å². The summed E-state index contributed by atoms with van der Waals surface area (Å²) in [4.78, 5) is 26.1. The first kappa shape index (κ1) is 18.1. The molecule has 26 heavy (non-hydrogen) atoms. The molecule has 3 rings (SSSR count). The molecule has 0 aromatic heterocycles. The number of benzene rings is 2. The molecule has 2 aromatic rings. The maximum absolute atomic E-state index is 12.3. The molecular formula is C19H20ClN3O3. The number of hydrogen-bond donors (Lipinski definition) is 2. The van der Waals surface area contributed by atoms with Gasteiger partial charge in [0.25, 0.3) is 0 Å². The molecule has 1 aliphatic heterocycles. The van der Waals surface area contributed by atoms with E-state index < -0.39 is 0 Å². The highest BCUT2D eigenvalue weighted by Gasteiger charge is 2.31. The van der Waals surface area contributed by atoms with Crippen LogP contribution in [0.5, 0.6) is 5.75 Å². The number of nitrogens with one attached hydrogen (secondary N) is 2. The van der Waals surface area contributed by atoms with E-state index in [2.05, 4.69) is 10.6 Å². The smallest absolute Gasteiger partial charge is 0.319 e. The summed E-state index contributed by atoms with van der Waals surface area (Å²) in [5, 5.41) is 6.17. The van der Waals surface area contributed by atoms with Gasteiger partial charge in [-0.2, -0.15) is 0 Å². The van der Waals surface area contributed by atoms with Crippen molar-refractivity contribution in [3.05, 3.63) is 53.6 Å². The lowest BCUT2D eigenvalue weighted by atomic mass is 10.2. The lowest BCUT2D eigenvalue weighted by molar-refractivity contribution is -0.117. The van der Waals surface area contributed by atoms with E-state index >= 15 is 0 Å². The van der Waals surface area contributed by atoms with Crippen LogP contribution in [0.1, 0.15) is 13.3 Å². The minimum absolute atomic E-state index is 0.0223. The van der Waals surface area contributed by atoms with Crippen LogP contribution in [0.4, 0.5) is 16.2 Å². The Labute approximate surface area is 157 Å². The molecule has 0 unspecified atom stereocenters. The highest BCUT2D eigenvalue weighted by Crippen LogP contribution is 2.24. The first-order valence-corrected chi connectivity index (χ1v) is 8.79. The van der Waals surface area contributed by atoms with Crippen LogP contribution in [-0.4, -0.2) is 31.1 Å². The molecule has 1 fully saturated rings. The van der Waals surface area contributed by atoms with Gasteiger partial charge >= 0.3 is 6.03 Å². The number of urea groups is 1. The Balaban J connectivity index is 1.56. The van der Waals surface area contributed by atoms with Crippen LogP contribution in [-0.2, 0) is 4.79 Å². The monoisotopic (exact) mass is 373 g/mol. The third-order valence-electron chi connectivity index (χ3n) is 4.02. The molecule has 3 amide bonds. The number of carbonyl (C=O) groups is 2. The molecule has 2 N–H and O–H groups in total. The molecule has 6 nitrogen and oxygen atoms in total. The Morgan fingerprint density at radius 2 is 1.88 bits per heavy atom. The van der Waals surface area contributed by atoms with Gasteiger partial charge in [0.1, 0.15) is 5.75 Å². The molecule has 0 bridgehead atoms. The number of halogens is 1. The van der Waals surface area contributed by atoms with Gasteiger partial charge < -0.3 is 20.3 Å². The number of ether oxygens (including phenoxy) is 1. The highest BCUT2D eigenvalue weighted by atomic mass is 35.5. The second kappa shape index (κ2) is 8.10. The zero-order valence-corrected chi connectivity index (χ0v) is 15.1. The molecule has 1 aliphatic rings. The Kier molecular flexibility index (Phi) is 5.63. The van der Waals surface area contributed by atoms with E-state index in [4.69, 9.17) is 16.3 Å². The molecule has 0 spiro atoms. The largest absolute Gasteiger partial charge is 0.494 e. The summed E-state index contributed by atoms with van der Waals surface area (Å²) in [6.45, 7) is 2.95. The minimum atomic E-state index is -0.348. The van der Waals surface area contributed by atoms with Gasteiger partial charge in [0, 0.05) is 29.4 Å². The summed E-state index contributed by atoms with van der Waals surface area (Å²) in [5.41, 5.74) is 1.43. The zero-order valence-electron chi connectivity index (χ0n) is 14.4. The summed E-state index contributed by atoms with van der Waals surface area (Å²) in [5.74, 6) is 0.742. The van der Waals surface area contributed by atoms with Crippen LogP contribution in [0.3, 0.4) is 0 Å². The third kappa shape index (κ3) is 4.46. The molecule has 0 radical (unpaired) electrons. The molecule has 1 heterocycles. The molecule has 1 saturated heterocycles. The number of rotatable bonds is 5. The predicted octanol–water partition coefficient (Wildman–Crippen LogP) is 3.67. The van der Waals surface area contributed by atoms with E-state index in [0.717, 1.165) is 11.4 Å². The minimum Gasteiger partial charge on any atom is -0.494 e. The van der Waals surface area contributed by atoms with Gasteiger partial charge in [0.2, 0.25) is 5.91 Å². The quantitative estimate of drug-likeness (QED) is 0.840. The predicted molar refractivity (Wildman–Crippen MR) is 102 cm³/mol. The average molecular weight is 374 g/mol. The normalized spacial score (nSPS) is 16.5. The summed E-state index contributed by atoms with van der Waals surface area (Å²) >= 11 is 5.82. The number of amides is 3. The first-order chi connectivity index (χ1) is 12.5. The van der Waals surface area contributed by atoms with Crippen molar-refractivity contribution in [2.75, 3.05) is 23.4 Å². The molecule has 7 heteroatoms. The third-order valence-corrected chi connectivity index (χ3v) is 4.27. The van der Waals surface area contributed by atoms with E-state index in [-0.39, 0.29) is 24.4 Å². The van der Waals surface area contributed by atoms with Gasteiger partial charge in [-0.25, -0.2) is 4.79 Å². The first-order valence-electron chi connectivity index (χ1n) is 8.41. The van der Waals surface area contributed by atoms with Gasteiger partial charge in [-0.1, -0.05) is 11.6 Å². The lowest BCUT2D eigenvalue weighted by Gasteiger charge is -2.18. The Morgan fingerprint density at radius 1 is 1.19 bits per heavy atom. The van der Waals surface area contributed by atoms with Crippen LogP contribution in [0, 0.1) is 0 Å². The Hall–Kier alpha value is -2.73. The van der Waals surface area contributed by atoms with Crippen molar-refractivity contribution in [2.24, 2.45) is 0 Å². The molecular weight excluding hydrogens is 354 g/mol. The van der Waals surface area contributed by atoms with Gasteiger partial charge in [-0.05, 0) is 55.5 Å². The molecule has 2 aromatic carbocycles. The fourth-order valence-electron chi connectivity index (χ4n) is 2.83. The van der Waals surface area contributed by atoms with Gasteiger partial charge in [0.15, 0.2) is 0 Å². The van der Waals surface area contributed by atoms with E-state index in [0.29, 0.717) is 23.9 Å². The number of anilines is 2. The van der Waals surface area contributed by atoms with Crippen molar-refractivity contribution in [1.29, 1.82) is 0 Å². The van der Waals surface area contributed by atoms with Gasteiger partial charge in [0.05, 0.1) is 12.6 Å². The highest BCUT2D eigenvalue weighted by molar-refractivity contribution is 6.30. The fraction of sp³-hybridized carbons (Fsp3) is 0.263. The topological polar surface area (TPSA) is 70.7 Å². The standard InChI is InChI=1S/C19H20ClN3O3/c1-2-26-17-9-7-16(8-10-17)23-12-15(11-18(23)24)22-19(25)21-14-5-3-13(20)4-6-14/h3-10,15H,2,11-12H2,1H3,(H2,21,22,25)/t15-/m1/s1. The van der Waals surface area contributed by atoms with Crippen molar-refractivity contribution in [3.8, 4) is 5.75 Å².